The zero-order valence-electron chi connectivity index (χ0n) is 24.1. The molecule has 6 rings (SSSR count). The predicted molar refractivity (Wildman–Crippen MR) is 202 cm³/mol. The molecule has 0 bridgehead atoms. The molecule has 0 aromatic heterocycles. The summed E-state index contributed by atoms with van der Waals surface area (Å²) in [5, 5.41) is 0. The fraction of sp³-hybridized carbons (Fsp3) is 0.0526. The highest BCUT2D eigenvalue weighted by atomic mass is 79.9. The van der Waals surface area contributed by atoms with Crippen molar-refractivity contribution in [1.29, 1.82) is 0 Å². The van der Waals surface area contributed by atoms with Gasteiger partial charge in [0.2, 0.25) is 0 Å². The third kappa shape index (κ3) is 6.74. The predicted octanol–water partition coefficient (Wildman–Crippen LogP) is 14.0. The van der Waals surface area contributed by atoms with Crippen LogP contribution in [0.4, 0.5) is 34.1 Å². The van der Waals surface area contributed by atoms with Gasteiger partial charge in [0.1, 0.15) is 0 Å². The first-order valence-electron chi connectivity index (χ1n) is 14.1. The van der Waals surface area contributed by atoms with Gasteiger partial charge in [0.25, 0.3) is 0 Å². The normalized spacial score (nSPS) is 11.0. The summed E-state index contributed by atoms with van der Waals surface area (Å²) in [5.74, 6) is 0. The zero-order chi connectivity index (χ0) is 30.8. The van der Waals surface area contributed by atoms with Crippen LogP contribution in [0.25, 0.3) is 11.1 Å². The fourth-order valence-electron chi connectivity index (χ4n) is 5.22. The average molecular weight is 832 g/mol. The molecule has 0 aliphatic carbocycles. The molecule has 0 radical (unpaired) electrons. The van der Waals surface area contributed by atoms with Crippen molar-refractivity contribution in [2.45, 2.75) is 13.8 Å². The Bertz CT molecular complexity index is 1760. The maximum Gasteiger partial charge on any atom is 0.0465 e. The van der Waals surface area contributed by atoms with E-state index in [1.165, 1.54) is 11.1 Å². The smallest absolute Gasteiger partial charge is 0.0465 e. The Balaban J connectivity index is 1.33. The summed E-state index contributed by atoms with van der Waals surface area (Å²) in [6, 6.07) is 47.4. The summed E-state index contributed by atoms with van der Waals surface area (Å²) in [6.07, 6.45) is 0. The van der Waals surface area contributed by atoms with Crippen LogP contribution in [0.1, 0.15) is 11.1 Å². The molecule has 0 N–H and O–H groups in total. The molecule has 0 saturated carbocycles. The van der Waals surface area contributed by atoms with Gasteiger partial charge in [0.15, 0.2) is 0 Å². The van der Waals surface area contributed by atoms with Gasteiger partial charge < -0.3 is 9.80 Å². The van der Waals surface area contributed by atoms with Crippen molar-refractivity contribution in [3.8, 4) is 11.1 Å². The summed E-state index contributed by atoms with van der Waals surface area (Å²) in [5.41, 5.74) is 11.3. The molecule has 0 saturated heterocycles. The molecule has 0 amide bonds. The van der Waals surface area contributed by atoms with Gasteiger partial charge in [-0.2, -0.15) is 0 Å². The zero-order valence-corrected chi connectivity index (χ0v) is 30.5. The molecule has 6 aromatic rings. The second kappa shape index (κ2) is 13.5. The molecule has 6 aromatic carbocycles. The summed E-state index contributed by atoms with van der Waals surface area (Å²) >= 11 is 14.5. The fourth-order valence-corrected chi connectivity index (χ4v) is 6.24. The van der Waals surface area contributed by atoms with E-state index < -0.39 is 0 Å². The van der Waals surface area contributed by atoms with E-state index in [-0.39, 0.29) is 0 Å². The lowest BCUT2D eigenvalue weighted by atomic mass is 10.0. The quantitative estimate of drug-likeness (QED) is 0.158. The molecule has 44 heavy (non-hydrogen) atoms. The van der Waals surface area contributed by atoms with E-state index in [0.29, 0.717) is 0 Å². The SMILES string of the molecule is Cc1cc(N(c2ccc(Br)cc2)c2ccc(-c3ccc(N(c4ccc(Br)cc4)c4ccc(Br)c(C)c4)cc3)cc2)ccc1Br. The van der Waals surface area contributed by atoms with Crippen molar-refractivity contribution in [3.63, 3.8) is 0 Å². The summed E-state index contributed by atoms with van der Waals surface area (Å²) in [7, 11) is 0. The lowest BCUT2D eigenvalue weighted by molar-refractivity contribution is 1.26. The van der Waals surface area contributed by atoms with Crippen molar-refractivity contribution < 1.29 is 0 Å². The number of rotatable bonds is 7. The monoisotopic (exact) mass is 828 g/mol. The minimum absolute atomic E-state index is 1.06. The second-order valence-corrected chi connectivity index (χ2v) is 14.1. The van der Waals surface area contributed by atoms with Gasteiger partial charge in [0, 0.05) is 52.0 Å². The molecular weight excluding hydrogens is 804 g/mol. The van der Waals surface area contributed by atoms with Crippen molar-refractivity contribution in [2.75, 3.05) is 9.80 Å². The average Bonchev–Trinajstić information content (AvgIpc) is 3.03. The van der Waals surface area contributed by atoms with E-state index >= 15 is 0 Å². The Labute approximate surface area is 292 Å². The molecule has 6 heteroatoms. The highest BCUT2D eigenvalue weighted by molar-refractivity contribution is 9.11. The molecule has 0 aliphatic heterocycles. The van der Waals surface area contributed by atoms with Crippen molar-refractivity contribution in [1.82, 2.24) is 0 Å². The van der Waals surface area contributed by atoms with Crippen molar-refractivity contribution in [3.05, 3.63) is 162 Å². The molecule has 0 atom stereocenters. The maximum atomic E-state index is 3.65. The van der Waals surface area contributed by atoms with E-state index in [1.54, 1.807) is 0 Å². The standard InChI is InChI=1S/C38H28Br4N2/c1-25-23-35(19-21-37(25)41)43(33-15-7-29(39)8-16-33)31-11-3-27(4-12-31)28-5-13-32(14-6-28)44(34-17-9-30(40)10-18-34)36-20-22-38(42)26(2)24-36/h3-24H,1-2H3. The first-order valence-corrected chi connectivity index (χ1v) is 17.3. The second-order valence-electron chi connectivity index (χ2n) is 10.6. The minimum Gasteiger partial charge on any atom is -0.310 e. The molecule has 0 fully saturated rings. The van der Waals surface area contributed by atoms with Gasteiger partial charge in [-0.1, -0.05) is 88.0 Å². The number of hydrogen-bond donors (Lipinski definition) is 0. The Morgan fingerprint density at radius 1 is 0.341 bits per heavy atom. The van der Waals surface area contributed by atoms with E-state index in [2.05, 4.69) is 221 Å². The summed E-state index contributed by atoms with van der Waals surface area (Å²) < 4.78 is 4.32. The molecule has 0 heterocycles. The van der Waals surface area contributed by atoms with Crippen molar-refractivity contribution >= 4 is 97.8 Å². The van der Waals surface area contributed by atoms with Crippen LogP contribution in [0.5, 0.6) is 0 Å². The van der Waals surface area contributed by atoms with Crippen LogP contribution >= 0.6 is 63.7 Å². The van der Waals surface area contributed by atoms with Gasteiger partial charge in [-0.05, 0) is 145 Å². The van der Waals surface area contributed by atoms with Crippen LogP contribution in [0.2, 0.25) is 0 Å². The lowest BCUT2D eigenvalue weighted by Gasteiger charge is -2.27. The number of hydrogen-bond acceptors (Lipinski definition) is 2. The third-order valence-electron chi connectivity index (χ3n) is 7.55. The van der Waals surface area contributed by atoms with E-state index in [0.717, 1.165) is 63.1 Å². The Morgan fingerprint density at radius 2 is 0.614 bits per heavy atom. The first kappa shape index (κ1) is 30.8. The van der Waals surface area contributed by atoms with Gasteiger partial charge >= 0.3 is 0 Å². The van der Waals surface area contributed by atoms with Gasteiger partial charge in [-0.15, -0.1) is 0 Å². The highest BCUT2D eigenvalue weighted by Crippen LogP contribution is 2.40. The molecule has 0 aliphatic rings. The molecule has 0 spiro atoms. The van der Waals surface area contributed by atoms with Gasteiger partial charge in [-0.25, -0.2) is 0 Å². The number of aryl methyl sites for hydroxylation is 2. The Hall–Kier alpha value is -3.16. The maximum absolute atomic E-state index is 3.65. The number of anilines is 6. The summed E-state index contributed by atoms with van der Waals surface area (Å²) in [6.45, 7) is 4.24. The van der Waals surface area contributed by atoms with Crippen LogP contribution in [-0.2, 0) is 0 Å². The van der Waals surface area contributed by atoms with Gasteiger partial charge in [0.05, 0.1) is 0 Å². The Morgan fingerprint density at radius 3 is 0.909 bits per heavy atom. The highest BCUT2D eigenvalue weighted by Gasteiger charge is 2.16. The van der Waals surface area contributed by atoms with E-state index in [4.69, 9.17) is 0 Å². The summed E-state index contributed by atoms with van der Waals surface area (Å²) in [4.78, 5) is 4.57. The topological polar surface area (TPSA) is 6.48 Å². The van der Waals surface area contributed by atoms with Crippen LogP contribution < -0.4 is 9.80 Å². The molecular formula is C38H28Br4N2. The Kier molecular flexibility index (Phi) is 9.43. The van der Waals surface area contributed by atoms with Crippen LogP contribution in [0, 0.1) is 13.8 Å². The minimum atomic E-state index is 1.06. The number of nitrogens with zero attached hydrogens (tertiary/aromatic N) is 2. The first-order chi connectivity index (χ1) is 21.3. The molecule has 2 nitrogen and oxygen atoms in total. The number of halogens is 4. The van der Waals surface area contributed by atoms with E-state index in [9.17, 15) is 0 Å². The van der Waals surface area contributed by atoms with Crippen LogP contribution in [0.15, 0.2) is 151 Å². The molecule has 218 valence electrons. The largest absolute Gasteiger partial charge is 0.310 e. The van der Waals surface area contributed by atoms with Crippen LogP contribution in [0.3, 0.4) is 0 Å². The number of benzene rings is 6. The van der Waals surface area contributed by atoms with Crippen molar-refractivity contribution in [2.24, 2.45) is 0 Å². The van der Waals surface area contributed by atoms with Gasteiger partial charge in [-0.3, -0.25) is 0 Å². The van der Waals surface area contributed by atoms with Crippen LogP contribution in [-0.4, -0.2) is 0 Å². The lowest BCUT2D eigenvalue weighted by Crippen LogP contribution is -2.10. The molecule has 0 unspecified atom stereocenters. The van der Waals surface area contributed by atoms with E-state index in [1.807, 2.05) is 0 Å². The third-order valence-corrected chi connectivity index (χ3v) is 10.4.